The van der Waals surface area contributed by atoms with Crippen LogP contribution in [0, 0.1) is 0 Å². The molecule has 0 spiro atoms. The molecule has 2 amide bonds. The second-order valence-corrected chi connectivity index (χ2v) is 7.31. The van der Waals surface area contributed by atoms with E-state index in [1.165, 1.54) is 11.2 Å². The van der Waals surface area contributed by atoms with Crippen LogP contribution in [0.2, 0.25) is 0 Å². The number of rotatable bonds is 9. The van der Waals surface area contributed by atoms with E-state index in [0.29, 0.717) is 17.3 Å². The third-order valence-electron chi connectivity index (χ3n) is 4.98. The van der Waals surface area contributed by atoms with Gasteiger partial charge < -0.3 is 23.9 Å². The molecule has 0 aliphatic carbocycles. The zero-order chi connectivity index (χ0) is 23.0. The van der Waals surface area contributed by atoms with E-state index >= 15 is 0 Å². The Balaban J connectivity index is 1.49. The third kappa shape index (κ3) is 5.68. The average molecular weight is 445 g/mol. The summed E-state index contributed by atoms with van der Waals surface area (Å²) in [7, 11) is 1.59. The summed E-state index contributed by atoms with van der Waals surface area (Å²) < 4.78 is 15.8. The first-order chi connectivity index (χ1) is 16.1. The van der Waals surface area contributed by atoms with E-state index in [1.807, 2.05) is 42.5 Å². The molecule has 0 fully saturated rings. The number of carbonyl (C=O) groups excluding carboxylic acids is 2. The van der Waals surface area contributed by atoms with Gasteiger partial charge in [-0.25, -0.2) is 0 Å². The van der Waals surface area contributed by atoms with E-state index in [9.17, 15) is 9.59 Å². The van der Waals surface area contributed by atoms with E-state index in [2.05, 4.69) is 10.5 Å². The Hall–Kier alpha value is -4.33. The fourth-order valence-corrected chi connectivity index (χ4v) is 3.26. The smallest absolute Gasteiger partial charge is 0.276 e. The van der Waals surface area contributed by atoms with E-state index in [0.717, 1.165) is 11.1 Å². The Labute approximate surface area is 190 Å². The van der Waals surface area contributed by atoms with Crippen molar-refractivity contribution in [2.75, 3.05) is 13.7 Å². The van der Waals surface area contributed by atoms with Gasteiger partial charge in [0.05, 0.1) is 19.9 Å². The van der Waals surface area contributed by atoms with Crippen LogP contribution in [0.4, 0.5) is 0 Å². The maximum absolute atomic E-state index is 13.2. The van der Waals surface area contributed by atoms with Gasteiger partial charge in [0.1, 0.15) is 18.1 Å². The Morgan fingerprint density at radius 1 is 1.03 bits per heavy atom. The van der Waals surface area contributed by atoms with Crippen LogP contribution in [0.15, 0.2) is 88.0 Å². The summed E-state index contributed by atoms with van der Waals surface area (Å²) in [5, 5.41) is 6.71. The summed E-state index contributed by atoms with van der Waals surface area (Å²) in [4.78, 5) is 27.2. The van der Waals surface area contributed by atoms with Crippen LogP contribution >= 0.6 is 0 Å². The number of nitrogens with one attached hydrogen (secondary N) is 1. The topological polar surface area (TPSA) is 97.8 Å². The van der Waals surface area contributed by atoms with Crippen LogP contribution in [0.5, 0.6) is 5.75 Å². The molecule has 0 aliphatic heterocycles. The number of hydrogen-bond donors (Lipinski definition) is 1. The Morgan fingerprint density at radius 2 is 1.82 bits per heavy atom. The molecule has 2 heterocycles. The van der Waals surface area contributed by atoms with Crippen molar-refractivity contribution in [2.24, 2.45) is 0 Å². The first kappa shape index (κ1) is 21.9. The molecule has 4 aromatic rings. The highest BCUT2D eigenvalue weighted by Gasteiger charge is 2.23. The first-order valence-corrected chi connectivity index (χ1v) is 10.4. The lowest BCUT2D eigenvalue weighted by Gasteiger charge is -2.21. The molecule has 0 atom stereocenters. The maximum atomic E-state index is 13.2. The Morgan fingerprint density at radius 3 is 2.52 bits per heavy atom. The van der Waals surface area contributed by atoms with Crippen molar-refractivity contribution in [2.45, 2.75) is 13.1 Å². The van der Waals surface area contributed by atoms with Gasteiger partial charge in [-0.2, -0.15) is 0 Å². The van der Waals surface area contributed by atoms with Crippen molar-refractivity contribution >= 4 is 11.8 Å². The zero-order valence-corrected chi connectivity index (χ0v) is 18.1. The second-order valence-electron chi connectivity index (χ2n) is 7.31. The summed E-state index contributed by atoms with van der Waals surface area (Å²) in [5.41, 5.74) is 1.77. The minimum Gasteiger partial charge on any atom is -0.497 e. The van der Waals surface area contributed by atoms with Gasteiger partial charge in [0.15, 0.2) is 11.5 Å². The van der Waals surface area contributed by atoms with Crippen molar-refractivity contribution in [3.8, 4) is 17.1 Å². The number of carbonyl (C=O) groups is 2. The molecule has 1 N–H and O–H groups in total. The average Bonchev–Trinajstić information content (AvgIpc) is 3.55. The van der Waals surface area contributed by atoms with Gasteiger partial charge in [-0.15, -0.1) is 0 Å². The van der Waals surface area contributed by atoms with Crippen LogP contribution in [0.25, 0.3) is 11.3 Å². The van der Waals surface area contributed by atoms with Crippen molar-refractivity contribution < 1.29 is 23.3 Å². The maximum Gasteiger partial charge on any atom is 0.276 e. The van der Waals surface area contributed by atoms with Crippen LogP contribution < -0.4 is 10.1 Å². The third-order valence-corrected chi connectivity index (χ3v) is 4.98. The van der Waals surface area contributed by atoms with Gasteiger partial charge in [0, 0.05) is 18.2 Å². The van der Waals surface area contributed by atoms with Gasteiger partial charge in [-0.05, 0) is 42.0 Å². The molecule has 8 nitrogen and oxygen atoms in total. The molecule has 0 saturated heterocycles. The number of aromatic nitrogens is 1. The second kappa shape index (κ2) is 10.3. The number of nitrogens with zero attached hydrogens (tertiary/aromatic N) is 2. The molecule has 0 aliphatic rings. The van der Waals surface area contributed by atoms with E-state index in [-0.39, 0.29) is 31.2 Å². The van der Waals surface area contributed by atoms with Gasteiger partial charge >= 0.3 is 0 Å². The van der Waals surface area contributed by atoms with Crippen LogP contribution in [0.3, 0.4) is 0 Å². The highest BCUT2D eigenvalue weighted by atomic mass is 16.5. The molecule has 0 saturated carbocycles. The summed E-state index contributed by atoms with van der Waals surface area (Å²) in [6.07, 6.45) is 1.54. The van der Waals surface area contributed by atoms with Crippen LogP contribution in [0.1, 0.15) is 21.8 Å². The SMILES string of the molecule is COc1ccc(-c2cc(C(=O)N(CC(=O)NCc3ccco3)Cc3ccccc3)no2)cc1. The minimum atomic E-state index is -0.407. The molecule has 0 unspecified atom stereocenters. The summed E-state index contributed by atoms with van der Waals surface area (Å²) in [6.45, 7) is 0.350. The molecule has 0 bridgehead atoms. The number of methoxy groups -OCH3 is 1. The fraction of sp³-hybridized carbons (Fsp3) is 0.160. The predicted molar refractivity (Wildman–Crippen MR) is 120 cm³/mol. The molecular weight excluding hydrogens is 422 g/mol. The molecular formula is C25H23N3O5. The molecule has 2 aromatic heterocycles. The minimum absolute atomic E-state index is 0.121. The molecule has 33 heavy (non-hydrogen) atoms. The highest BCUT2D eigenvalue weighted by molar-refractivity contribution is 5.95. The number of furan rings is 1. The molecule has 0 radical (unpaired) electrons. The van der Waals surface area contributed by atoms with Crippen molar-refractivity contribution in [3.05, 3.63) is 96.1 Å². The molecule has 8 heteroatoms. The molecule has 168 valence electrons. The summed E-state index contributed by atoms with van der Waals surface area (Å²) in [5.74, 6) is 1.07. The largest absolute Gasteiger partial charge is 0.497 e. The summed E-state index contributed by atoms with van der Waals surface area (Å²) in [6, 6.07) is 21.8. The number of ether oxygens (including phenoxy) is 1. The number of amides is 2. The lowest BCUT2D eigenvalue weighted by atomic mass is 10.1. The summed E-state index contributed by atoms with van der Waals surface area (Å²) >= 11 is 0. The Bertz CT molecular complexity index is 1180. The van der Waals surface area contributed by atoms with Crippen LogP contribution in [-0.2, 0) is 17.9 Å². The van der Waals surface area contributed by atoms with Crippen molar-refractivity contribution in [3.63, 3.8) is 0 Å². The highest BCUT2D eigenvalue weighted by Crippen LogP contribution is 2.24. The van der Waals surface area contributed by atoms with Gasteiger partial charge in [-0.1, -0.05) is 35.5 Å². The van der Waals surface area contributed by atoms with Gasteiger partial charge in [-0.3, -0.25) is 9.59 Å². The van der Waals surface area contributed by atoms with E-state index < -0.39 is 5.91 Å². The molecule has 4 rings (SSSR count). The van der Waals surface area contributed by atoms with Gasteiger partial charge in [0.25, 0.3) is 5.91 Å². The zero-order valence-electron chi connectivity index (χ0n) is 18.1. The quantitative estimate of drug-likeness (QED) is 0.420. The lowest BCUT2D eigenvalue weighted by molar-refractivity contribution is -0.122. The van der Waals surface area contributed by atoms with E-state index in [4.69, 9.17) is 13.7 Å². The molecule has 2 aromatic carbocycles. The number of hydrogen-bond acceptors (Lipinski definition) is 6. The van der Waals surface area contributed by atoms with Gasteiger partial charge in [0.2, 0.25) is 5.91 Å². The standard InChI is InChI=1S/C25H23N3O5/c1-31-20-11-9-19(10-12-20)23-14-22(27-33-23)25(30)28(16-18-6-3-2-4-7-18)17-24(29)26-15-21-8-5-13-32-21/h2-14H,15-17H2,1H3,(H,26,29). The normalized spacial score (nSPS) is 10.6. The number of benzene rings is 2. The lowest BCUT2D eigenvalue weighted by Crippen LogP contribution is -2.40. The predicted octanol–water partition coefficient (Wildman–Crippen LogP) is 3.90. The van der Waals surface area contributed by atoms with Crippen molar-refractivity contribution in [1.29, 1.82) is 0 Å². The van der Waals surface area contributed by atoms with Crippen LogP contribution in [-0.4, -0.2) is 35.5 Å². The first-order valence-electron chi connectivity index (χ1n) is 10.4. The Kier molecular flexibility index (Phi) is 6.84. The monoisotopic (exact) mass is 445 g/mol. The van der Waals surface area contributed by atoms with E-state index in [1.54, 1.807) is 37.4 Å². The van der Waals surface area contributed by atoms with Crippen molar-refractivity contribution in [1.82, 2.24) is 15.4 Å². The fourth-order valence-electron chi connectivity index (χ4n) is 3.26.